The highest BCUT2D eigenvalue weighted by atomic mass is 35.5. The Morgan fingerprint density at radius 2 is 1.79 bits per heavy atom. The van der Waals surface area contributed by atoms with Gasteiger partial charge in [-0.2, -0.15) is 0 Å². The Hall–Kier alpha value is -0.420. The molecule has 1 atom stereocenters. The number of halogens is 4. The highest BCUT2D eigenvalue weighted by Crippen LogP contribution is 2.22. The summed E-state index contributed by atoms with van der Waals surface area (Å²) in [6.07, 6.45) is 0. The largest absolute Gasteiger partial charge is 0.394 e. The number of aliphatic hydroxyl groups is 1. The van der Waals surface area contributed by atoms with E-state index in [1.54, 1.807) is 0 Å². The molecule has 1 rings (SSSR count). The zero-order valence-electron chi connectivity index (χ0n) is 7.01. The Morgan fingerprint density at radius 1 is 1.36 bits per heavy atom. The molecule has 0 aromatic heterocycles. The van der Waals surface area contributed by atoms with Gasteiger partial charge in [-0.1, -0.05) is 11.6 Å². The summed E-state index contributed by atoms with van der Waals surface area (Å²) in [5.41, 5.74) is 5.54. The maximum absolute atomic E-state index is 12.8. The molecular weight excluding hydrogens is 235 g/mol. The van der Waals surface area contributed by atoms with Gasteiger partial charge in [-0.05, 0) is 17.7 Å². The van der Waals surface area contributed by atoms with E-state index in [0.717, 1.165) is 12.1 Å². The predicted octanol–water partition coefficient (Wildman–Crippen LogP) is 2.03. The van der Waals surface area contributed by atoms with E-state index in [-0.39, 0.29) is 24.6 Å². The van der Waals surface area contributed by atoms with Gasteiger partial charge in [-0.3, -0.25) is 0 Å². The molecule has 3 N–H and O–H groups in total. The minimum Gasteiger partial charge on any atom is -0.394 e. The summed E-state index contributed by atoms with van der Waals surface area (Å²) in [6, 6.07) is 1.22. The molecule has 80 valence electrons. The molecule has 0 spiro atoms. The standard InChI is InChI=1S/C8H8ClF2NO.ClH/c9-8-5(10)1-4(2-6(8)11)7(12)3-13;/h1-2,7,13H,3,12H2;1H. The van der Waals surface area contributed by atoms with Crippen molar-refractivity contribution < 1.29 is 13.9 Å². The van der Waals surface area contributed by atoms with Crippen LogP contribution >= 0.6 is 24.0 Å². The van der Waals surface area contributed by atoms with Crippen LogP contribution in [0.2, 0.25) is 5.02 Å². The second-order valence-corrected chi connectivity index (χ2v) is 2.97. The number of hydrogen-bond acceptors (Lipinski definition) is 2. The van der Waals surface area contributed by atoms with Crippen molar-refractivity contribution in [1.29, 1.82) is 0 Å². The molecule has 0 aliphatic rings. The summed E-state index contributed by atoms with van der Waals surface area (Å²) >= 11 is 5.24. The van der Waals surface area contributed by atoms with Gasteiger partial charge < -0.3 is 10.8 Å². The Bertz CT molecular complexity index is 299. The monoisotopic (exact) mass is 243 g/mol. The summed E-state index contributed by atoms with van der Waals surface area (Å²) in [7, 11) is 0. The predicted molar refractivity (Wildman–Crippen MR) is 52.6 cm³/mol. The molecule has 0 radical (unpaired) electrons. The van der Waals surface area contributed by atoms with Crippen molar-refractivity contribution in [2.75, 3.05) is 6.61 Å². The smallest absolute Gasteiger partial charge is 0.145 e. The average molecular weight is 244 g/mol. The van der Waals surface area contributed by atoms with E-state index >= 15 is 0 Å². The third-order valence-corrected chi connectivity index (χ3v) is 1.99. The summed E-state index contributed by atoms with van der Waals surface area (Å²) in [5.74, 6) is -1.75. The van der Waals surface area contributed by atoms with Crippen LogP contribution in [0.5, 0.6) is 0 Å². The van der Waals surface area contributed by atoms with Gasteiger partial charge in [-0.25, -0.2) is 8.78 Å². The SMILES string of the molecule is Cl.NC(CO)c1cc(F)c(Cl)c(F)c1. The fourth-order valence-electron chi connectivity index (χ4n) is 0.895. The number of benzene rings is 1. The van der Waals surface area contributed by atoms with Crippen LogP contribution < -0.4 is 5.73 Å². The third kappa shape index (κ3) is 2.78. The molecule has 0 aliphatic heterocycles. The molecule has 1 aromatic carbocycles. The second kappa shape index (κ2) is 5.46. The highest BCUT2D eigenvalue weighted by Gasteiger charge is 2.12. The summed E-state index contributed by atoms with van der Waals surface area (Å²) in [5, 5.41) is 8.08. The van der Waals surface area contributed by atoms with E-state index in [0.29, 0.717) is 0 Å². The lowest BCUT2D eigenvalue weighted by Gasteiger charge is -2.09. The summed E-state index contributed by atoms with van der Waals surface area (Å²) in [4.78, 5) is 0. The van der Waals surface area contributed by atoms with Crippen LogP contribution in [0.4, 0.5) is 8.78 Å². The molecular formula is C8H9Cl2F2NO. The maximum atomic E-state index is 12.8. The number of hydrogen-bond donors (Lipinski definition) is 2. The van der Waals surface area contributed by atoms with E-state index in [9.17, 15) is 8.78 Å². The van der Waals surface area contributed by atoms with E-state index in [4.69, 9.17) is 22.4 Å². The van der Waals surface area contributed by atoms with E-state index < -0.39 is 22.7 Å². The summed E-state index contributed by atoms with van der Waals surface area (Å²) in [6.45, 7) is -0.374. The van der Waals surface area contributed by atoms with E-state index in [2.05, 4.69) is 0 Å². The fourth-order valence-corrected chi connectivity index (χ4v) is 1.00. The Balaban J connectivity index is 0.00000169. The first-order valence-electron chi connectivity index (χ1n) is 3.57. The molecule has 0 saturated carbocycles. The molecule has 6 heteroatoms. The first-order valence-corrected chi connectivity index (χ1v) is 3.95. The lowest BCUT2D eigenvalue weighted by Crippen LogP contribution is -2.15. The van der Waals surface area contributed by atoms with Gasteiger partial charge in [0.05, 0.1) is 12.6 Å². The maximum Gasteiger partial charge on any atom is 0.145 e. The molecule has 0 bridgehead atoms. The molecule has 0 saturated heterocycles. The van der Waals surface area contributed by atoms with Crippen molar-refractivity contribution in [2.45, 2.75) is 6.04 Å². The van der Waals surface area contributed by atoms with Crippen molar-refractivity contribution in [1.82, 2.24) is 0 Å². The second-order valence-electron chi connectivity index (χ2n) is 2.59. The topological polar surface area (TPSA) is 46.2 Å². The van der Waals surface area contributed by atoms with Crippen LogP contribution in [0.3, 0.4) is 0 Å². The summed E-state index contributed by atoms with van der Waals surface area (Å²) < 4.78 is 25.7. The number of aliphatic hydroxyl groups excluding tert-OH is 1. The normalized spacial score (nSPS) is 12.1. The van der Waals surface area contributed by atoms with Crippen molar-refractivity contribution in [3.8, 4) is 0 Å². The van der Waals surface area contributed by atoms with Gasteiger partial charge in [0, 0.05) is 0 Å². The lowest BCUT2D eigenvalue weighted by molar-refractivity contribution is 0.267. The van der Waals surface area contributed by atoms with Crippen molar-refractivity contribution in [3.05, 3.63) is 34.4 Å². The van der Waals surface area contributed by atoms with Crippen LogP contribution in [0.25, 0.3) is 0 Å². The molecule has 0 heterocycles. The zero-order chi connectivity index (χ0) is 10.0. The van der Waals surface area contributed by atoms with Crippen LogP contribution in [-0.4, -0.2) is 11.7 Å². The minimum atomic E-state index is -0.874. The molecule has 0 amide bonds. The molecule has 14 heavy (non-hydrogen) atoms. The van der Waals surface area contributed by atoms with Crippen molar-refractivity contribution in [2.24, 2.45) is 5.73 Å². The van der Waals surface area contributed by atoms with Gasteiger partial charge in [-0.15, -0.1) is 12.4 Å². The third-order valence-electron chi connectivity index (χ3n) is 1.63. The average Bonchev–Trinajstić information content (AvgIpc) is 2.12. The number of nitrogens with two attached hydrogens (primary N) is 1. The van der Waals surface area contributed by atoms with Crippen LogP contribution in [-0.2, 0) is 0 Å². The molecule has 0 aliphatic carbocycles. The molecule has 0 fully saturated rings. The van der Waals surface area contributed by atoms with Gasteiger partial charge in [0.15, 0.2) is 0 Å². The quantitative estimate of drug-likeness (QED) is 0.782. The molecule has 1 unspecified atom stereocenters. The lowest BCUT2D eigenvalue weighted by atomic mass is 10.1. The molecule has 2 nitrogen and oxygen atoms in total. The van der Waals surface area contributed by atoms with Gasteiger partial charge >= 0.3 is 0 Å². The Labute approximate surface area is 91.1 Å². The molecule has 1 aromatic rings. The Kier molecular flexibility index (Phi) is 5.29. The fraction of sp³-hybridized carbons (Fsp3) is 0.250. The Morgan fingerprint density at radius 3 is 2.14 bits per heavy atom. The van der Waals surface area contributed by atoms with Gasteiger partial charge in [0.25, 0.3) is 0 Å². The van der Waals surface area contributed by atoms with Crippen LogP contribution in [0, 0.1) is 11.6 Å². The van der Waals surface area contributed by atoms with E-state index in [1.165, 1.54) is 0 Å². The van der Waals surface area contributed by atoms with Gasteiger partial charge in [0.2, 0.25) is 0 Å². The van der Waals surface area contributed by atoms with Gasteiger partial charge in [0.1, 0.15) is 16.7 Å². The zero-order valence-corrected chi connectivity index (χ0v) is 8.58. The van der Waals surface area contributed by atoms with Crippen molar-refractivity contribution >= 4 is 24.0 Å². The first kappa shape index (κ1) is 13.6. The van der Waals surface area contributed by atoms with Crippen molar-refractivity contribution in [3.63, 3.8) is 0 Å². The highest BCUT2D eigenvalue weighted by molar-refractivity contribution is 6.30. The van der Waals surface area contributed by atoms with Crippen LogP contribution in [0.1, 0.15) is 11.6 Å². The van der Waals surface area contributed by atoms with E-state index in [1.807, 2.05) is 0 Å². The minimum absolute atomic E-state index is 0. The van der Waals surface area contributed by atoms with Crippen LogP contribution in [0.15, 0.2) is 12.1 Å². The number of rotatable bonds is 2. The first-order chi connectivity index (χ1) is 6.06.